The van der Waals surface area contributed by atoms with Gasteiger partial charge in [-0.3, -0.25) is 0 Å². The van der Waals surface area contributed by atoms with Crippen LogP contribution in [0.3, 0.4) is 0 Å². The number of halogens is 1. The lowest BCUT2D eigenvalue weighted by molar-refractivity contribution is 0.598. The van der Waals surface area contributed by atoms with Gasteiger partial charge in [-0.2, -0.15) is 5.26 Å². The number of nitrogens with one attached hydrogen (secondary N) is 1. The Morgan fingerprint density at radius 2 is 1.90 bits per heavy atom. The number of anilines is 3. The van der Waals surface area contributed by atoms with Crippen molar-refractivity contribution in [2.75, 3.05) is 11.1 Å². The topological polar surface area (TPSA) is 122 Å². The third kappa shape index (κ3) is 3.33. The van der Waals surface area contributed by atoms with Gasteiger partial charge in [0.05, 0.1) is 22.6 Å². The highest BCUT2D eigenvalue weighted by Gasteiger charge is 2.15. The number of nitrogens with zero attached hydrogens (tertiary/aromatic N) is 1. The van der Waals surface area contributed by atoms with Crippen LogP contribution in [0.1, 0.15) is 5.56 Å². The highest BCUT2D eigenvalue weighted by atomic mass is 79.9. The number of primary sulfonamides is 1. The second kappa shape index (κ2) is 5.73. The van der Waals surface area contributed by atoms with Crippen LogP contribution in [0.2, 0.25) is 0 Å². The van der Waals surface area contributed by atoms with E-state index in [-0.39, 0.29) is 10.6 Å². The van der Waals surface area contributed by atoms with Crippen LogP contribution in [0, 0.1) is 11.3 Å². The molecule has 2 aromatic rings. The molecular weight excluding hydrogens is 356 g/mol. The van der Waals surface area contributed by atoms with Crippen molar-refractivity contribution in [1.29, 1.82) is 5.26 Å². The van der Waals surface area contributed by atoms with E-state index in [1.54, 1.807) is 24.3 Å². The van der Waals surface area contributed by atoms with Crippen molar-refractivity contribution in [3.8, 4) is 6.07 Å². The Kier molecular flexibility index (Phi) is 4.18. The van der Waals surface area contributed by atoms with Crippen LogP contribution in [-0.4, -0.2) is 8.42 Å². The van der Waals surface area contributed by atoms with Crippen LogP contribution in [-0.2, 0) is 10.0 Å². The Hall–Kier alpha value is -2.08. The Morgan fingerprint density at radius 3 is 2.52 bits per heavy atom. The van der Waals surface area contributed by atoms with Gasteiger partial charge >= 0.3 is 0 Å². The molecule has 0 fully saturated rings. The number of nitriles is 1. The number of hydrogen-bond acceptors (Lipinski definition) is 5. The van der Waals surface area contributed by atoms with Crippen molar-refractivity contribution >= 4 is 43.0 Å². The summed E-state index contributed by atoms with van der Waals surface area (Å²) in [5.41, 5.74) is 7.10. The average Bonchev–Trinajstić information content (AvgIpc) is 2.41. The zero-order valence-corrected chi connectivity index (χ0v) is 13.1. The maximum Gasteiger partial charge on any atom is 0.240 e. The molecule has 0 aliphatic carbocycles. The molecule has 0 saturated carbocycles. The van der Waals surface area contributed by atoms with Crippen LogP contribution in [0.15, 0.2) is 45.8 Å². The molecule has 0 radical (unpaired) electrons. The first-order chi connectivity index (χ1) is 9.82. The Balaban J connectivity index is 2.49. The number of benzene rings is 2. The fourth-order valence-electron chi connectivity index (χ4n) is 1.76. The lowest BCUT2D eigenvalue weighted by Gasteiger charge is -2.13. The smallest absolute Gasteiger partial charge is 0.240 e. The molecule has 0 amide bonds. The standard InChI is InChI=1S/C13H11BrN4O2S/c14-9-4-5-10(8(6-9)7-15)18-11-2-1-3-12(13(11)16)21(17,19)20/h1-6,18H,16H2,(H2,17,19,20). The Bertz CT molecular complexity index is 844. The van der Waals surface area contributed by atoms with Crippen LogP contribution >= 0.6 is 15.9 Å². The first-order valence-electron chi connectivity index (χ1n) is 5.71. The molecule has 0 aliphatic rings. The van der Waals surface area contributed by atoms with Crippen molar-refractivity contribution in [2.45, 2.75) is 4.90 Å². The monoisotopic (exact) mass is 366 g/mol. The zero-order valence-electron chi connectivity index (χ0n) is 10.7. The molecule has 2 aromatic carbocycles. The summed E-state index contributed by atoms with van der Waals surface area (Å²) >= 11 is 3.28. The fourth-order valence-corrected chi connectivity index (χ4v) is 2.81. The van der Waals surface area contributed by atoms with E-state index in [2.05, 4.69) is 21.2 Å². The zero-order chi connectivity index (χ0) is 15.6. The number of nitrogens with two attached hydrogens (primary N) is 2. The van der Waals surface area contributed by atoms with Gasteiger partial charge in [-0.1, -0.05) is 22.0 Å². The van der Waals surface area contributed by atoms with E-state index < -0.39 is 10.0 Å². The van der Waals surface area contributed by atoms with E-state index in [1.807, 2.05) is 6.07 Å². The maximum atomic E-state index is 11.4. The van der Waals surface area contributed by atoms with Gasteiger partial charge in [-0.15, -0.1) is 0 Å². The van der Waals surface area contributed by atoms with Crippen molar-refractivity contribution in [2.24, 2.45) is 5.14 Å². The van der Waals surface area contributed by atoms with Gasteiger partial charge in [0.1, 0.15) is 11.0 Å². The largest absolute Gasteiger partial charge is 0.396 e. The molecule has 0 saturated heterocycles. The molecule has 5 N–H and O–H groups in total. The summed E-state index contributed by atoms with van der Waals surface area (Å²) in [6, 6.07) is 11.6. The molecule has 0 aromatic heterocycles. The van der Waals surface area contributed by atoms with Gasteiger partial charge in [-0.25, -0.2) is 13.6 Å². The second-order valence-electron chi connectivity index (χ2n) is 4.19. The summed E-state index contributed by atoms with van der Waals surface area (Å²) in [5, 5.41) is 17.2. The molecule has 2 rings (SSSR count). The Labute approximate surface area is 130 Å². The minimum absolute atomic E-state index is 0.00630. The summed E-state index contributed by atoms with van der Waals surface area (Å²) in [4.78, 5) is -0.164. The summed E-state index contributed by atoms with van der Waals surface area (Å²) in [6.45, 7) is 0. The lowest BCUT2D eigenvalue weighted by atomic mass is 10.2. The number of nitrogen functional groups attached to an aromatic ring is 1. The molecule has 108 valence electrons. The fraction of sp³-hybridized carbons (Fsp3) is 0. The van der Waals surface area contributed by atoms with Crippen LogP contribution < -0.4 is 16.2 Å². The van der Waals surface area contributed by atoms with Crippen LogP contribution in [0.5, 0.6) is 0 Å². The lowest BCUT2D eigenvalue weighted by Crippen LogP contribution is -2.15. The summed E-state index contributed by atoms with van der Waals surface area (Å²) in [6.07, 6.45) is 0. The van der Waals surface area contributed by atoms with Gasteiger partial charge in [0.2, 0.25) is 10.0 Å². The molecule has 8 heteroatoms. The van der Waals surface area contributed by atoms with Gasteiger partial charge in [0.15, 0.2) is 0 Å². The van der Waals surface area contributed by atoms with Crippen molar-refractivity contribution in [3.05, 3.63) is 46.4 Å². The molecule has 0 aliphatic heterocycles. The Morgan fingerprint density at radius 1 is 1.19 bits per heavy atom. The highest BCUT2D eigenvalue weighted by Crippen LogP contribution is 2.30. The summed E-state index contributed by atoms with van der Waals surface area (Å²) in [7, 11) is -3.91. The molecule has 0 spiro atoms. The molecule has 6 nitrogen and oxygen atoms in total. The normalized spacial score (nSPS) is 10.9. The second-order valence-corrected chi connectivity index (χ2v) is 6.63. The number of para-hydroxylation sites is 1. The molecule has 0 heterocycles. The minimum atomic E-state index is -3.91. The van der Waals surface area contributed by atoms with Crippen LogP contribution in [0.4, 0.5) is 17.1 Å². The predicted octanol–water partition coefficient (Wildman–Crippen LogP) is 2.29. The van der Waals surface area contributed by atoms with E-state index in [0.717, 1.165) is 4.47 Å². The quantitative estimate of drug-likeness (QED) is 0.719. The molecule has 21 heavy (non-hydrogen) atoms. The first kappa shape index (κ1) is 15.3. The van der Waals surface area contributed by atoms with E-state index in [0.29, 0.717) is 16.9 Å². The van der Waals surface area contributed by atoms with Crippen molar-refractivity contribution in [3.63, 3.8) is 0 Å². The van der Waals surface area contributed by atoms with E-state index >= 15 is 0 Å². The number of rotatable bonds is 3. The first-order valence-corrected chi connectivity index (χ1v) is 8.05. The predicted molar refractivity (Wildman–Crippen MR) is 84.4 cm³/mol. The van der Waals surface area contributed by atoms with Gasteiger partial charge in [0.25, 0.3) is 0 Å². The van der Waals surface area contributed by atoms with Crippen molar-refractivity contribution < 1.29 is 8.42 Å². The molecule has 0 atom stereocenters. The summed E-state index contributed by atoms with van der Waals surface area (Å²) < 4.78 is 23.6. The molecular formula is C13H11BrN4O2S. The van der Waals surface area contributed by atoms with Crippen LogP contribution in [0.25, 0.3) is 0 Å². The van der Waals surface area contributed by atoms with Gasteiger partial charge in [-0.05, 0) is 30.3 Å². The highest BCUT2D eigenvalue weighted by molar-refractivity contribution is 9.10. The SMILES string of the molecule is N#Cc1cc(Br)ccc1Nc1cccc(S(N)(=O)=O)c1N. The van der Waals surface area contributed by atoms with E-state index in [9.17, 15) is 8.42 Å². The minimum Gasteiger partial charge on any atom is -0.396 e. The average molecular weight is 367 g/mol. The number of hydrogen-bond donors (Lipinski definition) is 3. The third-order valence-corrected chi connectivity index (χ3v) is 4.21. The number of sulfonamides is 1. The van der Waals surface area contributed by atoms with Crippen molar-refractivity contribution in [1.82, 2.24) is 0 Å². The third-order valence-electron chi connectivity index (χ3n) is 2.74. The van der Waals surface area contributed by atoms with E-state index in [4.69, 9.17) is 16.1 Å². The summed E-state index contributed by atoms with van der Waals surface area (Å²) in [5.74, 6) is 0. The van der Waals surface area contributed by atoms with Gasteiger partial charge in [0, 0.05) is 4.47 Å². The van der Waals surface area contributed by atoms with E-state index in [1.165, 1.54) is 12.1 Å². The molecule has 0 bridgehead atoms. The maximum absolute atomic E-state index is 11.4. The molecule has 0 unspecified atom stereocenters. The van der Waals surface area contributed by atoms with Gasteiger partial charge < -0.3 is 11.1 Å².